The van der Waals surface area contributed by atoms with Gasteiger partial charge >= 0.3 is 12.1 Å². The Morgan fingerprint density at radius 2 is 1.90 bits per heavy atom. The van der Waals surface area contributed by atoms with Crippen LogP contribution in [0.15, 0.2) is 24.5 Å². The molecule has 0 radical (unpaired) electrons. The Bertz CT molecular complexity index is 1290. The number of urea groups is 1. The molecule has 1 saturated carbocycles. The van der Waals surface area contributed by atoms with Gasteiger partial charge in [0.15, 0.2) is 5.82 Å². The van der Waals surface area contributed by atoms with Crippen LogP contribution in [-0.2, 0) is 9.47 Å². The van der Waals surface area contributed by atoms with E-state index in [9.17, 15) is 9.59 Å². The molecule has 2 atom stereocenters. The number of hydrogen-bond donors (Lipinski definition) is 1. The number of rotatable bonds is 7. The number of likely N-dealkylation sites (N-methyl/N-ethyl adjacent to an activating group) is 1. The van der Waals surface area contributed by atoms with Crippen LogP contribution in [0, 0.1) is 18.8 Å². The van der Waals surface area contributed by atoms with Crippen molar-refractivity contribution in [3.63, 3.8) is 0 Å². The van der Waals surface area contributed by atoms with Crippen molar-refractivity contribution >= 4 is 29.3 Å². The van der Waals surface area contributed by atoms with Crippen LogP contribution in [0.1, 0.15) is 25.3 Å². The lowest BCUT2D eigenvalue weighted by Crippen LogP contribution is -2.59. The first-order valence-corrected chi connectivity index (χ1v) is 13.8. The summed E-state index contributed by atoms with van der Waals surface area (Å²) in [5.74, 6) is 1.16. The van der Waals surface area contributed by atoms with Crippen molar-refractivity contribution in [2.45, 2.75) is 38.4 Å². The van der Waals surface area contributed by atoms with E-state index in [1.807, 2.05) is 32.0 Å². The lowest BCUT2D eigenvalue weighted by molar-refractivity contribution is -0.112. The van der Waals surface area contributed by atoms with Gasteiger partial charge in [-0.2, -0.15) is 4.98 Å². The Labute approximate surface area is 233 Å². The van der Waals surface area contributed by atoms with E-state index >= 15 is 0 Å². The van der Waals surface area contributed by atoms with Crippen LogP contribution in [0.5, 0.6) is 11.6 Å². The van der Waals surface area contributed by atoms with Crippen LogP contribution in [0.2, 0.25) is 0 Å². The number of methoxy groups -OCH3 is 1. The molecule has 4 fully saturated rings. The average Bonchev–Trinajstić information content (AvgIpc) is 3.56. The van der Waals surface area contributed by atoms with E-state index in [4.69, 9.17) is 18.9 Å². The number of hydrogen-bond acceptors (Lipinski definition) is 9. The summed E-state index contributed by atoms with van der Waals surface area (Å²) >= 11 is 0. The highest BCUT2D eigenvalue weighted by molar-refractivity contribution is 5.94. The fraction of sp³-hybridized carbons (Fsp3) is 0.571. The Balaban J connectivity index is 1.17. The summed E-state index contributed by atoms with van der Waals surface area (Å²) in [5.41, 5.74) is 2.32. The fourth-order valence-electron chi connectivity index (χ4n) is 5.61. The van der Waals surface area contributed by atoms with Gasteiger partial charge in [-0.15, -0.1) is 0 Å². The molecule has 4 aliphatic rings. The molecule has 214 valence electrons. The monoisotopic (exact) mass is 552 g/mol. The smallest absolute Gasteiger partial charge is 0.410 e. The third-order valence-corrected chi connectivity index (χ3v) is 8.26. The van der Waals surface area contributed by atoms with Crippen molar-refractivity contribution in [1.82, 2.24) is 19.8 Å². The van der Waals surface area contributed by atoms with Gasteiger partial charge in [-0.1, -0.05) is 0 Å². The molecule has 2 bridgehead atoms. The first-order valence-electron chi connectivity index (χ1n) is 13.8. The number of ether oxygens (including phenoxy) is 4. The molecule has 1 N–H and O–H groups in total. The van der Waals surface area contributed by atoms with Gasteiger partial charge in [-0.25, -0.2) is 14.6 Å². The van der Waals surface area contributed by atoms with Gasteiger partial charge in [0.1, 0.15) is 18.0 Å². The maximum Gasteiger partial charge on any atom is 0.410 e. The van der Waals surface area contributed by atoms with E-state index in [0.29, 0.717) is 56.8 Å². The van der Waals surface area contributed by atoms with Crippen LogP contribution in [0.3, 0.4) is 0 Å². The number of carbonyl (C=O) groups excluding carboxylic acids is 2. The molecule has 3 aliphatic heterocycles. The number of nitrogens with one attached hydrogen (secondary N) is 1. The predicted molar refractivity (Wildman–Crippen MR) is 146 cm³/mol. The van der Waals surface area contributed by atoms with Crippen LogP contribution in [-0.4, -0.2) is 97.1 Å². The van der Waals surface area contributed by atoms with Crippen LogP contribution < -0.4 is 19.7 Å². The quantitative estimate of drug-likeness (QED) is 0.551. The molecule has 40 heavy (non-hydrogen) atoms. The Hall–Kier alpha value is -3.80. The molecule has 6 rings (SSSR count). The minimum atomic E-state index is -0.311. The van der Waals surface area contributed by atoms with Gasteiger partial charge in [0, 0.05) is 56.4 Å². The molecule has 4 heterocycles. The number of aromatic nitrogens is 2. The average molecular weight is 553 g/mol. The molecule has 3 saturated heterocycles. The summed E-state index contributed by atoms with van der Waals surface area (Å²) in [6, 6.07) is 5.82. The summed E-state index contributed by atoms with van der Waals surface area (Å²) in [6.07, 6.45) is 2.82. The molecule has 12 heteroatoms. The number of benzene rings is 1. The second-order valence-corrected chi connectivity index (χ2v) is 11.4. The number of fused-ring (bicyclic) bond motifs is 2. The molecule has 1 aliphatic carbocycles. The number of aryl methyl sites for hydroxylation is 1. The zero-order valence-corrected chi connectivity index (χ0v) is 23.4. The van der Waals surface area contributed by atoms with Crippen molar-refractivity contribution < 1.29 is 28.5 Å². The maximum absolute atomic E-state index is 12.8. The molecule has 1 aromatic carbocycles. The third-order valence-electron chi connectivity index (χ3n) is 8.26. The summed E-state index contributed by atoms with van der Waals surface area (Å²) in [5, 5.41) is 3.34. The standard InChI is InChI=1S/C28H36N6O6/c1-17-11-20(34-10-9-32(3)26(34)35)5-6-21(17)31-24-23(37-4)25(30-16-29-24)39-22-18-12-33(13-19(22)15-38-14-18)27(36)40-28(2)7-8-28/h5-6,11,16,18-19,22H,7-10,12-15H2,1-4H3,(H,29,30,31). The normalized spacial score (nSPS) is 25.1. The predicted octanol–water partition coefficient (Wildman–Crippen LogP) is 3.42. The van der Waals surface area contributed by atoms with Crippen LogP contribution in [0.25, 0.3) is 0 Å². The summed E-state index contributed by atoms with van der Waals surface area (Å²) in [7, 11) is 3.36. The van der Waals surface area contributed by atoms with Gasteiger partial charge in [0.05, 0.1) is 20.3 Å². The highest BCUT2D eigenvalue weighted by Gasteiger charge is 2.47. The number of amides is 3. The van der Waals surface area contributed by atoms with E-state index in [0.717, 1.165) is 29.8 Å². The number of likely N-dealkylation sites (tertiary alicyclic amines) is 1. The van der Waals surface area contributed by atoms with Gasteiger partial charge < -0.3 is 34.1 Å². The minimum absolute atomic E-state index is 0.00513. The molecule has 3 amide bonds. The van der Waals surface area contributed by atoms with Gasteiger partial charge in [0.2, 0.25) is 5.75 Å². The molecule has 12 nitrogen and oxygen atoms in total. The van der Waals surface area contributed by atoms with E-state index in [2.05, 4.69) is 15.3 Å². The highest BCUT2D eigenvalue weighted by Crippen LogP contribution is 2.41. The SMILES string of the molecule is COc1c(Nc2ccc(N3CCN(C)C3=O)cc2C)ncnc1OC1C2COCC1CN(C(=O)OC1(C)CC1)C2. The van der Waals surface area contributed by atoms with Crippen LogP contribution >= 0.6 is 0 Å². The van der Waals surface area contributed by atoms with Crippen molar-refractivity contribution in [1.29, 1.82) is 0 Å². The van der Waals surface area contributed by atoms with Gasteiger partial charge in [0.25, 0.3) is 5.88 Å². The van der Waals surface area contributed by atoms with Gasteiger partial charge in [-0.05, 0) is 50.5 Å². The number of carbonyl (C=O) groups is 2. The largest absolute Gasteiger partial charge is 0.489 e. The minimum Gasteiger partial charge on any atom is -0.489 e. The van der Waals surface area contributed by atoms with E-state index in [-0.39, 0.29) is 35.7 Å². The molecule has 1 aromatic heterocycles. The van der Waals surface area contributed by atoms with Crippen molar-refractivity contribution in [3.8, 4) is 11.6 Å². The molecule has 2 unspecified atom stereocenters. The zero-order chi connectivity index (χ0) is 28.0. The lowest BCUT2D eigenvalue weighted by atomic mass is 9.84. The van der Waals surface area contributed by atoms with E-state index in [1.165, 1.54) is 6.33 Å². The Kier molecular flexibility index (Phi) is 6.81. The molecule has 2 aromatic rings. The fourth-order valence-corrected chi connectivity index (χ4v) is 5.61. The Morgan fingerprint density at radius 3 is 2.52 bits per heavy atom. The van der Waals surface area contributed by atoms with E-state index in [1.54, 1.807) is 28.9 Å². The van der Waals surface area contributed by atoms with Crippen molar-refractivity contribution in [2.24, 2.45) is 11.8 Å². The van der Waals surface area contributed by atoms with Crippen LogP contribution in [0.4, 0.5) is 26.8 Å². The third kappa shape index (κ3) is 5.07. The molecular formula is C28H36N6O6. The second kappa shape index (κ2) is 10.3. The highest BCUT2D eigenvalue weighted by atomic mass is 16.6. The van der Waals surface area contributed by atoms with E-state index < -0.39 is 0 Å². The molecule has 0 spiro atoms. The van der Waals surface area contributed by atoms with Crippen molar-refractivity contribution in [3.05, 3.63) is 30.1 Å². The first kappa shape index (κ1) is 26.4. The van der Waals surface area contributed by atoms with Gasteiger partial charge in [-0.3, -0.25) is 4.90 Å². The topological polar surface area (TPSA) is 119 Å². The second-order valence-electron chi connectivity index (χ2n) is 11.4. The van der Waals surface area contributed by atoms with Crippen molar-refractivity contribution in [2.75, 3.05) is 63.8 Å². The first-order chi connectivity index (χ1) is 19.2. The summed E-state index contributed by atoms with van der Waals surface area (Å²) in [6.45, 7) is 7.28. The lowest BCUT2D eigenvalue weighted by Gasteiger charge is -2.46. The Morgan fingerprint density at radius 1 is 1.15 bits per heavy atom. The number of nitrogens with zero attached hydrogens (tertiary/aromatic N) is 5. The maximum atomic E-state index is 12.8. The summed E-state index contributed by atoms with van der Waals surface area (Å²) in [4.78, 5) is 39.3. The number of anilines is 3. The summed E-state index contributed by atoms with van der Waals surface area (Å²) < 4.78 is 23.7. The molecular weight excluding hydrogens is 516 g/mol. The zero-order valence-electron chi connectivity index (χ0n) is 23.4. The number of piperidine rings is 1.